The third-order valence-corrected chi connectivity index (χ3v) is 1.40. The summed E-state index contributed by atoms with van der Waals surface area (Å²) in [5.41, 5.74) is 0. The Kier molecular flexibility index (Phi) is 3.84. The number of aromatic nitrogens is 3. The van der Waals surface area contributed by atoms with E-state index in [-0.39, 0.29) is 0 Å². The van der Waals surface area contributed by atoms with Crippen LogP contribution in [0.25, 0.3) is 0 Å². The van der Waals surface area contributed by atoms with Gasteiger partial charge in [0.15, 0.2) is 5.82 Å². The van der Waals surface area contributed by atoms with E-state index in [0.717, 1.165) is 0 Å². The van der Waals surface area contributed by atoms with Crippen LogP contribution in [0, 0.1) is 0 Å². The third kappa shape index (κ3) is 3.38. The van der Waals surface area contributed by atoms with Crippen molar-refractivity contribution < 1.29 is 0 Å². The lowest BCUT2D eigenvalue weighted by molar-refractivity contribution is 0.851. The van der Waals surface area contributed by atoms with Gasteiger partial charge < -0.3 is 10.6 Å². The van der Waals surface area contributed by atoms with Gasteiger partial charge in [-0.15, -0.1) is 11.7 Å². The van der Waals surface area contributed by atoms with E-state index in [1.54, 1.807) is 12.3 Å². The van der Waals surface area contributed by atoms with Gasteiger partial charge in [-0.1, -0.05) is 6.08 Å². The number of anilines is 2. The van der Waals surface area contributed by atoms with Crippen molar-refractivity contribution in [2.24, 2.45) is 0 Å². The molecule has 1 heterocycles. The molecule has 1 aromatic heterocycles. The fourth-order valence-electron chi connectivity index (χ4n) is 0.885. The van der Waals surface area contributed by atoms with Gasteiger partial charge in [-0.05, 0) is 13.8 Å². The average Bonchev–Trinajstić information content (AvgIpc) is 2.14. The predicted octanol–water partition coefficient (Wildman–Crippen LogP) is 1.29. The Morgan fingerprint density at radius 1 is 1.57 bits per heavy atom. The van der Waals surface area contributed by atoms with Crippen LogP contribution in [-0.2, 0) is 0 Å². The van der Waals surface area contributed by atoms with Crippen molar-refractivity contribution >= 4 is 11.8 Å². The lowest BCUT2D eigenvalue weighted by atomic mass is 10.4. The molecule has 0 aliphatic carbocycles. The van der Waals surface area contributed by atoms with E-state index >= 15 is 0 Å². The minimum Gasteiger partial charge on any atom is -0.365 e. The highest BCUT2D eigenvalue weighted by atomic mass is 15.3. The summed E-state index contributed by atoms with van der Waals surface area (Å²) in [5, 5.41) is 13.8. The maximum atomic E-state index is 4.21. The summed E-state index contributed by atoms with van der Waals surface area (Å²) < 4.78 is 0. The summed E-state index contributed by atoms with van der Waals surface area (Å²) in [6, 6.07) is 0.298. The van der Waals surface area contributed by atoms with Gasteiger partial charge in [0.25, 0.3) is 0 Å². The van der Waals surface area contributed by atoms with E-state index in [9.17, 15) is 0 Å². The summed E-state index contributed by atoms with van der Waals surface area (Å²) in [5.74, 6) is 1.23. The third-order valence-electron chi connectivity index (χ3n) is 1.40. The zero-order chi connectivity index (χ0) is 10.4. The van der Waals surface area contributed by atoms with E-state index in [1.165, 1.54) is 0 Å². The van der Waals surface area contributed by atoms with Crippen LogP contribution in [0.4, 0.5) is 11.8 Å². The second-order valence-corrected chi connectivity index (χ2v) is 3.13. The Balaban J connectivity index is 2.63. The van der Waals surface area contributed by atoms with Crippen molar-refractivity contribution in [2.45, 2.75) is 19.9 Å². The number of nitrogens with zero attached hydrogens (tertiary/aromatic N) is 3. The van der Waals surface area contributed by atoms with Crippen LogP contribution >= 0.6 is 0 Å². The van der Waals surface area contributed by atoms with Gasteiger partial charge in [-0.3, -0.25) is 0 Å². The molecule has 0 radical (unpaired) electrons. The Bertz CT molecular complexity index is 297. The Morgan fingerprint density at radius 3 is 3.00 bits per heavy atom. The second-order valence-electron chi connectivity index (χ2n) is 3.13. The van der Waals surface area contributed by atoms with Crippen molar-refractivity contribution in [3.05, 3.63) is 18.9 Å². The maximum Gasteiger partial charge on any atom is 0.244 e. The number of hydrogen-bond acceptors (Lipinski definition) is 5. The molecule has 0 aliphatic heterocycles. The molecule has 5 nitrogen and oxygen atoms in total. The first-order chi connectivity index (χ1) is 6.72. The first kappa shape index (κ1) is 10.4. The van der Waals surface area contributed by atoms with Gasteiger partial charge in [0, 0.05) is 12.6 Å². The fraction of sp³-hybridized carbons (Fsp3) is 0.444. The molecule has 5 heteroatoms. The van der Waals surface area contributed by atoms with Gasteiger partial charge in [0.1, 0.15) is 0 Å². The summed E-state index contributed by atoms with van der Waals surface area (Å²) in [7, 11) is 0. The standard InChI is InChI=1S/C9H15N5/c1-4-5-10-8-6-11-14-9(13-8)12-7(2)3/h4,6-7H,1,5H2,2-3H3,(H2,10,12,13,14). The van der Waals surface area contributed by atoms with E-state index in [0.29, 0.717) is 24.4 Å². The number of hydrogen-bond donors (Lipinski definition) is 2. The average molecular weight is 193 g/mol. The topological polar surface area (TPSA) is 62.7 Å². The molecule has 0 amide bonds. The predicted molar refractivity (Wildman–Crippen MR) is 57.3 cm³/mol. The molecular formula is C9H15N5. The molecule has 0 fully saturated rings. The minimum atomic E-state index is 0.298. The van der Waals surface area contributed by atoms with Gasteiger partial charge in [0.2, 0.25) is 5.95 Å². The van der Waals surface area contributed by atoms with Crippen molar-refractivity contribution in [3.63, 3.8) is 0 Å². The Labute approximate surface area is 83.7 Å². The van der Waals surface area contributed by atoms with E-state index in [1.807, 2.05) is 13.8 Å². The molecule has 0 saturated carbocycles. The van der Waals surface area contributed by atoms with Gasteiger partial charge >= 0.3 is 0 Å². The molecule has 76 valence electrons. The van der Waals surface area contributed by atoms with Crippen LogP contribution in [0.2, 0.25) is 0 Å². The van der Waals surface area contributed by atoms with Crippen LogP contribution in [-0.4, -0.2) is 27.8 Å². The van der Waals surface area contributed by atoms with Gasteiger partial charge in [-0.2, -0.15) is 10.1 Å². The van der Waals surface area contributed by atoms with Gasteiger partial charge in [0.05, 0.1) is 6.20 Å². The maximum absolute atomic E-state index is 4.21. The Morgan fingerprint density at radius 2 is 2.36 bits per heavy atom. The largest absolute Gasteiger partial charge is 0.365 e. The molecule has 0 saturated heterocycles. The molecule has 0 atom stereocenters. The highest BCUT2D eigenvalue weighted by molar-refractivity contribution is 5.37. The van der Waals surface area contributed by atoms with Crippen LogP contribution < -0.4 is 10.6 Å². The number of nitrogens with one attached hydrogen (secondary N) is 2. The molecule has 0 bridgehead atoms. The minimum absolute atomic E-state index is 0.298. The lowest BCUT2D eigenvalue weighted by Crippen LogP contribution is -2.14. The molecular weight excluding hydrogens is 178 g/mol. The van der Waals surface area contributed by atoms with Crippen molar-refractivity contribution in [1.82, 2.24) is 15.2 Å². The fourth-order valence-corrected chi connectivity index (χ4v) is 0.885. The molecule has 1 aromatic rings. The molecule has 2 N–H and O–H groups in total. The van der Waals surface area contributed by atoms with Crippen LogP contribution in [0.3, 0.4) is 0 Å². The summed E-state index contributed by atoms with van der Waals surface area (Å²) in [6.45, 7) is 8.31. The zero-order valence-electron chi connectivity index (χ0n) is 8.49. The quantitative estimate of drug-likeness (QED) is 0.690. The SMILES string of the molecule is C=CCNc1cnnc(NC(C)C)n1. The molecule has 0 spiro atoms. The summed E-state index contributed by atoms with van der Waals surface area (Å²) in [4.78, 5) is 4.21. The monoisotopic (exact) mass is 193 g/mol. The smallest absolute Gasteiger partial charge is 0.244 e. The summed E-state index contributed by atoms with van der Waals surface area (Å²) in [6.07, 6.45) is 3.34. The second kappa shape index (κ2) is 5.16. The van der Waals surface area contributed by atoms with Crippen LogP contribution in [0.1, 0.15) is 13.8 Å². The van der Waals surface area contributed by atoms with E-state index in [4.69, 9.17) is 0 Å². The first-order valence-electron chi connectivity index (χ1n) is 4.53. The van der Waals surface area contributed by atoms with Gasteiger partial charge in [-0.25, -0.2) is 0 Å². The highest BCUT2D eigenvalue weighted by Crippen LogP contribution is 2.03. The Hall–Kier alpha value is -1.65. The van der Waals surface area contributed by atoms with Crippen molar-refractivity contribution in [3.8, 4) is 0 Å². The molecule has 0 aromatic carbocycles. The molecule has 1 rings (SSSR count). The first-order valence-corrected chi connectivity index (χ1v) is 4.53. The highest BCUT2D eigenvalue weighted by Gasteiger charge is 2.00. The number of rotatable bonds is 5. The van der Waals surface area contributed by atoms with E-state index in [2.05, 4.69) is 32.4 Å². The zero-order valence-corrected chi connectivity index (χ0v) is 8.49. The normalized spacial score (nSPS) is 9.93. The van der Waals surface area contributed by atoms with E-state index < -0.39 is 0 Å². The van der Waals surface area contributed by atoms with Crippen LogP contribution in [0.5, 0.6) is 0 Å². The molecule has 0 unspecified atom stereocenters. The van der Waals surface area contributed by atoms with Crippen molar-refractivity contribution in [1.29, 1.82) is 0 Å². The molecule has 14 heavy (non-hydrogen) atoms. The lowest BCUT2D eigenvalue weighted by Gasteiger charge is -2.08. The summed E-state index contributed by atoms with van der Waals surface area (Å²) >= 11 is 0. The van der Waals surface area contributed by atoms with Crippen molar-refractivity contribution in [2.75, 3.05) is 17.2 Å². The van der Waals surface area contributed by atoms with Crippen LogP contribution in [0.15, 0.2) is 18.9 Å². The molecule has 0 aliphatic rings.